The van der Waals surface area contributed by atoms with Gasteiger partial charge in [0.15, 0.2) is 0 Å². The van der Waals surface area contributed by atoms with Crippen molar-refractivity contribution in [2.24, 2.45) is 0 Å². The zero-order valence-corrected chi connectivity index (χ0v) is 24.0. The molecule has 2 rings (SSSR count). The average Bonchev–Trinajstić information content (AvgIpc) is 3.31. The molecule has 1 aromatic carbocycles. The summed E-state index contributed by atoms with van der Waals surface area (Å²) in [4.78, 5) is 30.0. The Hall–Kier alpha value is -2.12. The van der Waals surface area contributed by atoms with E-state index in [0.717, 1.165) is 48.8 Å². The van der Waals surface area contributed by atoms with Gasteiger partial charge in [-0.05, 0) is 42.7 Å². The van der Waals surface area contributed by atoms with Crippen molar-refractivity contribution < 1.29 is 14.3 Å². The summed E-state index contributed by atoms with van der Waals surface area (Å²) in [5.41, 5.74) is 2.30. The highest BCUT2D eigenvalue weighted by atomic mass is 79.9. The Balaban J connectivity index is 2.05. The largest absolute Gasteiger partial charge is 0.383 e. The molecule has 7 heteroatoms. The summed E-state index contributed by atoms with van der Waals surface area (Å²) >= 11 is 3.49. The number of hydrogen-bond acceptors (Lipinski definition) is 3. The lowest BCUT2D eigenvalue weighted by molar-refractivity contribution is -0.141. The summed E-state index contributed by atoms with van der Waals surface area (Å²) in [5, 5.41) is 0. The SMILES string of the molecule is CCCCCCCC(=O)N(CCOC)CC(=O)N(CCCC)Cc1cccn1Cc1ccc(Br)cc1. The number of halogens is 1. The van der Waals surface area contributed by atoms with Crippen LogP contribution in [0.25, 0.3) is 0 Å². The van der Waals surface area contributed by atoms with Gasteiger partial charge in [-0.3, -0.25) is 9.59 Å². The van der Waals surface area contributed by atoms with Gasteiger partial charge in [0.25, 0.3) is 0 Å². The molecule has 0 saturated carbocycles. The van der Waals surface area contributed by atoms with Crippen molar-refractivity contribution in [1.82, 2.24) is 14.4 Å². The Bertz CT molecular complexity index is 897. The van der Waals surface area contributed by atoms with Gasteiger partial charge in [-0.15, -0.1) is 0 Å². The molecule has 0 aliphatic carbocycles. The van der Waals surface area contributed by atoms with Gasteiger partial charge < -0.3 is 19.1 Å². The predicted molar refractivity (Wildman–Crippen MR) is 150 cm³/mol. The molecule has 0 bridgehead atoms. The molecule has 0 unspecified atom stereocenters. The Morgan fingerprint density at radius 3 is 2.31 bits per heavy atom. The zero-order valence-electron chi connectivity index (χ0n) is 22.4. The zero-order chi connectivity index (χ0) is 26.2. The fourth-order valence-electron chi connectivity index (χ4n) is 4.16. The van der Waals surface area contributed by atoms with Crippen molar-refractivity contribution in [3.63, 3.8) is 0 Å². The number of carbonyl (C=O) groups is 2. The molecule has 0 radical (unpaired) electrons. The number of amides is 2. The second-order valence-electron chi connectivity index (χ2n) is 9.40. The van der Waals surface area contributed by atoms with Crippen LogP contribution in [0.1, 0.15) is 76.5 Å². The van der Waals surface area contributed by atoms with Gasteiger partial charge in [0.2, 0.25) is 11.8 Å². The van der Waals surface area contributed by atoms with Crippen LogP contribution in [-0.4, -0.2) is 59.5 Å². The van der Waals surface area contributed by atoms with Gasteiger partial charge in [0.1, 0.15) is 0 Å². The summed E-state index contributed by atoms with van der Waals surface area (Å²) < 4.78 is 8.48. The van der Waals surface area contributed by atoms with Crippen molar-refractivity contribution in [3.8, 4) is 0 Å². The molecule has 0 saturated heterocycles. The van der Waals surface area contributed by atoms with Crippen LogP contribution in [0.3, 0.4) is 0 Å². The van der Waals surface area contributed by atoms with E-state index in [1.807, 2.05) is 23.1 Å². The fourth-order valence-corrected chi connectivity index (χ4v) is 4.43. The number of rotatable bonds is 18. The first-order valence-electron chi connectivity index (χ1n) is 13.4. The lowest BCUT2D eigenvalue weighted by Crippen LogP contribution is -2.44. The van der Waals surface area contributed by atoms with Crippen molar-refractivity contribution >= 4 is 27.7 Å². The first-order chi connectivity index (χ1) is 17.5. The number of benzene rings is 1. The van der Waals surface area contributed by atoms with E-state index in [0.29, 0.717) is 32.7 Å². The van der Waals surface area contributed by atoms with Crippen LogP contribution in [0.15, 0.2) is 47.1 Å². The number of methoxy groups -OCH3 is 1. The van der Waals surface area contributed by atoms with Crippen LogP contribution in [0.4, 0.5) is 0 Å². The molecule has 0 atom stereocenters. The van der Waals surface area contributed by atoms with E-state index in [9.17, 15) is 9.59 Å². The monoisotopic (exact) mass is 561 g/mol. The minimum atomic E-state index is -0.00437. The summed E-state index contributed by atoms with van der Waals surface area (Å²) in [6.07, 6.45) is 9.97. The molecule has 1 heterocycles. The molecule has 36 heavy (non-hydrogen) atoms. The molecule has 2 aromatic rings. The number of nitrogens with zero attached hydrogens (tertiary/aromatic N) is 3. The van der Waals surface area contributed by atoms with E-state index >= 15 is 0 Å². The highest BCUT2D eigenvalue weighted by molar-refractivity contribution is 9.10. The Morgan fingerprint density at radius 1 is 0.889 bits per heavy atom. The Kier molecular flexibility index (Phi) is 14.5. The van der Waals surface area contributed by atoms with Crippen LogP contribution >= 0.6 is 15.9 Å². The van der Waals surface area contributed by atoms with Crippen LogP contribution in [0, 0.1) is 0 Å². The fraction of sp³-hybridized carbons (Fsp3) is 0.586. The van der Waals surface area contributed by atoms with Gasteiger partial charge in [-0.1, -0.05) is 74.0 Å². The first kappa shape index (κ1) is 30.1. The molecule has 0 aliphatic rings. The molecule has 0 N–H and O–H groups in total. The van der Waals surface area contributed by atoms with Crippen molar-refractivity contribution in [2.45, 2.75) is 78.3 Å². The third-order valence-electron chi connectivity index (χ3n) is 6.42. The molecule has 200 valence electrons. The van der Waals surface area contributed by atoms with Gasteiger partial charge in [0, 0.05) is 49.5 Å². The smallest absolute Gasteiger partial charge is 0.242 e. The molecular weight excluding hydrogens is 518 g/mol. The summed E-state index contributed by atoms with van der Waals surface area (Å²) in [7, 11) is 1.63. The summed E-state index contributed by atoms with van der Waals surface area (Å²) in [6.45, 7) is 7.26. The van der Waals surface area contributed by atoms with Gasteiger partial charge in [0.05, 0.1) is 19.7 Å². The minimum Gasteiger partial charge on any atom is -0.383 e. The standard InChI is InChI=1S/C29H44BrN3O3/c1-4-6-8-9-10-13-28(34)33(20-21-36-3)24-29(35)32(18-7-5-2)23-27-12-11-19-31(27)22-25-14-16-26(30)17-15-25/h11-12,14-17,19H,4-10,13,18,20-24H2,1-3H3. The third-order valence-corrected chi connectivity index (χ3v) is 6.94. The number of ether oxygens (including phenoxy) is 1. The molecule has 1 aromatic heterocycles. The van der Waals surface area contributed by atoms with E-state index in [4.69, 9.17) is 4.74 Å². The van der Waals surface area contributed by atoms with E-state index in [1.165, 1.54) is 18.4 Å². The van der Waals surface area contributed by atoms with Crippen molar-refractivity contribution in [3.05, 3.63) is 58.3 Å². The third kappa shape index (κ3) is 10.9. The van der Waals surface area contributed by atoms with Crippen LogP contribution < -0.4 is 0 Å². The maximum absolute atomic E-state index is 13.5. The minimum absolute atomic E-state index is 0.00437. The number of hydrogen-bond donors (Lipinski definition) is 0. The lowest BCUT2D eigenvalue weighted by atomic mass is 10.1. The quantitative estimate of drug-likeness (QED) is 0.202. The molecule has 0 aliphatic heterocycles. The highest BCUT2D eigenvalue weighted by Crippen LogP contribution is 2.15. The molecule has 2 amide bonds. The van der Waals surface area contributed by atoms with Crippen LogP contribution in [-0.2, 0) is 27.4 Å². The van der Waals surface area contributed by atoms with E-state index in [-0.39, 0.29) is 18.4 Å². The predicted octanol–water partition coefficient (Wildman–Crippen LogP) is 6.26. The number of aromatic nitrogens is 1. The topological polar surface area (TPSA) is 54.8 Å². The lowest BCUT2D eigenvalue weighted by Gasteiger charge is -2.28. The second kappa shape index (κ2) is 17.4. The van der Waals surface area contributed by atoms with E-state index in [2.05, 4.69) is 58.7 Å². The molecule has 6 nitrogen and oxygen atoms in total. The number of carbonyl (C=O) groups excluding carboxylic acids is 2. The van der Waals surface area contributed by atoms with Gasteiger partial charge >= 0.3 is 0 Å². The summed E-state index contributed by atoms with van der Waals surface area (Å²) in [5.74, 6) is 0.0428. The maximum atomic E-state index is 13.5. The second-order valence-corrected chi connectivity index (χ2v) is 10.3. The normalized spacial score (nSPS) is 11.0. The Labute approximate surface area is 226 Å². The molecule has 0 spiro atoms. The highest BCUT2D eigenvalue weighted by Gasteiger charge is 2.22. The number of unbranched alkanes of at least 4 members (excludes halogenated alkanes) is 5. The maximum Gasteiger partial charge on any atom is 0.242 e. The average molecular weight is 563 g/mol. The molecular formula is C29H44BrN3O3. The Morgan fingerprint density at radius 2 is 1.61 bits per heavy atom. The van der Waals surface area contributed by atoms with Crippen LogP contribution in [0.2, 0.25) is 0 Å². The van der Waals surface area contributed by atoms with E-state index < -0.39 is 0 Å². The summed E-state index contributed by atoms with van der Waals surface area (Å²) in [6, 6.07) is 12.4. The first-order valence-corrected chi connectivity index (χ1v) is 14.2. The van der Waals surface area contributed by atoms with Crippen LogP contribution in [0.5, 0.6) is 0 Å². The van der Waals surface area contributed by atoms with Crippen molar-refractivity contribution in [1.29, 1.82) is 0 Å². The molecule has 0 fully saturated rings. The van der Waals surface area contributed by atoms with Crippen molar-refractivity contribution in [2.75, 3.05) is 33.4 Å². The van der Waals surface area contributed by atoms with E-state index in [1.54, 1.807) is 12.0 Å². The van der Waals surface area contributed by atoms with Gasteiger partial charge in [-0.25, -0.2) is 0 Å². The van der Waals surface area contributed by atoms with Gasteiger partial charge in [-0.2, -0.15) is 0 Å².